The summed E-state index contributed by atoms with van der Waals surface area (Å²) < 4.78 is 7.13. The number of benzene rings is 3. The van der Waals surface area contributed by atoms with E-state index in [2.05, 4.69) is 54.7 Å². The van der Waals surface area contributed by atoms with Crippen LogP contribution in [0.1, 0.15) is 39.1 Å². The summed E-state index contributed by atoms with van der Waals surface area (Å²) in [6.45, 7) is 10.4. The summed E-state index contributed by atoms with van der Waals surface area (Å²) in [4.78, 5) is 42.3. The number of para-hydroxylation sites is 1. The van der Waals surface area contributed by atoms with Crippen molar-refractivity contribution >= 4 is 34.7 Å². The van der Waals surface area contributed by atoms with Gasteiger partial charge in [-0.05, 0) is 53.8 Å². The van der Waals surface area contributed by atoms with Gasteiger partial charge in [-0.15, -0.1) is 11.7 Å². The number of nitrogens with one attached hydrogen (secondary N) is 2. The number of aryl methyl sites for hydroxylation is 1. The highest BCUT2D eigenvalue weighted by Crippen LogP contribution is 2.23. The van der Waals surface area contributed by atoms with E-state index in [1.165, 1.54) is 11.8 Å². The Morgan fingerprint density at radius 1 is 1.02 bits per heavy atom. The third-order valence-electron chi connectivity index (χ3n) is 9.18. The number of fused-ring (bicyclic) bond motifs is 1. The lowest BCUT2D eigenvalue weighted by Crippen LogP contribution is -2.48. The van der Waals surface area contributed by atoms with Gasteiger partial charge in [-0.1, -0.05) is 47.7 Å². The monoisotopic (exact) mass is 717 g/mol. The number of aromatic nitrogens is 3. The zero-order valence-electron chi connectivity index (χ0n) is 29.6. The topological polar surface area (TPSA) is 184 Å². The van der Waals surface area contributed by atoms with E-state index in [1.807, 2.05) is 24.3 Å². The van der Waals surface area contributed by atoms with Gasteiger partial charge in [0, 0.05) is 55.4 Å². The largest absolute Gasteiger partial charge is 0.507 e. The second kappa shape index (κ2) is 16.9. The molecule has 1 fully saturated rings. The molecule has 5 N–H and O–H groups in total. The molecular weight excluding hydrogens is 674 g/mol. The summed E-state index contributed by atoms with van der Waals surface area (Å²) in [6.07, 6.45) is 5.39. The number of carbonyl (C=O) groups is 2. The maximum Gasteiger partial charge on any atom is 0.340 e. The third kappa shape index (κ3) is 9.61. The van der Waals surface area contributed by atoms with Crippen LogP contribution in [-0.2, 0) is 42.1 Å². The average Bonchev–Trinajstić information content (AvgIpc) is 3.58. The fourth-order valence-electron chi connectivity index (χ4n) is 6.35. The van der Waals surface area contributed by atoms with Crippen LogP contribution in [0.5, 0.6) is 5.75 Å². The molecule has 0 radical (unpaired) electrons. The van der Waals surface area contributed by atoms with Crippen LogP contribution < -0.4 is 22.1 Å². The number of hydrogen-bond acceptors (Lipinski definition) is 11. The van der Waals surface area contributed by atoms with E-state index in [0.29, 0.717) is 46.6 Å². The molecule has 53 heavy (non-hydrogen) atoms. The summed E-state index contributed by atoms with van der Waals surface area (Å²) in [7, 11) is 0. The van der Waals surface area contributed by atoms with Crippen LogP contribution in [0.15, 0.2) is 93.8 Å². The van der Waals surface area contributed by atoms with Crippen LogP contribution in [0, 0.1) is 6.92 Å². The minimum atomic E-state index is -0.557. The number of nitrogens with two attached hydrogens (primary N) is 1. The number of anilines is 1. The first-order valence-corrected chi connectivity index (χ1v) is 17.4. The molecule has 1 aliphatic heterocycles. The number of rotatable bonds is 14. The first-order chi connectivity index (χ1) is 25.6. The Balaban J connectivity index is 0.931. The number of allylic oxidation sites excluding steroid dienone is 1. The second-order valence-corrected chi connectivity index (χ2v) is 13.1. The van der Waals surface area contributed by atoms with E-state index < -0.39 is 5.63 Å². The molecule has 14 heteroatoms. The maximum absolute atomic E-state index is 12.8. The van der Waals surface area contributed by atoms with Gasteiger partial charge < -0.3 is 20.6 Å². The van der Waals surface area contributed by atoms with E-state index in [0.717, 1.165) is 49.2 Å². The highest BCUT2D eigenvalue weighted by Gasteiger charge is 2.20. The summed E-state index contributed by atoms with van der Waals surface area (Å²) in [6, 6.07) is 18.8. The van der Waals surface area contributed by atoms with Crippen LogP contribution in [0.25, 0.3) is 11.0 Å². The Kier molecular flexibility index (Phi) is 11.7. The van der Waals surface area contributed by atoms with Crippen LogP contribution in [0.3, 0.4) is 0 Å². The van der Waals surface area contributed by atoms with Crippen LogP contribution >= 0.6 is 0 Å². The second-order valence-electron chi connectivity index (χ2n) is 13.1. The Bertz CT molecular complexity index is 2200. The van der Waals surface area contributed by atoms with Crippen LogP contribution in [0.2, 0.25) is 0 Å². The molecule has 2 aromatic heterocycles. The summed E-state index contributed by atoms with van der Waals surface area (Å²) in [5.74, 6) is -0.400. The van der Waals surface area contributed by atoms with Crippen molar-refractivity contribution in [3.05, 3.63) is 129 Å². The summed E-state index contributed by atoms with van der Waals surface area (Å²) in [5.41, 5.74) is 13.8. The molecule has 14 nitrogen and oxygen atoms in total. The number of nitrogens with zero attached hydrogens (tertiary/aromatic N) is 6. The number of hydrazone groups is 1. The lowest BCUT2D eigenvalue weighted by atomic mass is 10.0. The summed E-state index contributed by atoms with van der Waals surface area (Å²) in [5, 5.41) is 26.4. The van der Waals surface area contributed by atoms with Gasteiger partial charge >= 0.3 is 5.63 Å². The van der Waals surface area contributed by atoms with Crippen molar-refractivity contribution in [2.75, 3.05) is 38.5 Å². The molecule has 2 amide bonds. The molecule has 0 spiro atoms. The van der Waals surface area contributed by atoms with E-state index >= 15 is 0 Å². The molecule has 3 aromatic carbocycles. The normalized spacial score (nSPS) is 13.8. The fraction of sp³-hybridized carbons (Fsp3) is 0.282. The van der Waals surface area contributed by atoms with E-state index in [4.69, 9.17) is 10.2 Å². The Labute approximate surface area is 306 Å². The van der Waals surface area contributed by atoms with Crippen LogP contribution in [0.4, 0.5) is 5.69 Å². The van der Waals surface area contributed by atoms with Crippen molar-refractivity contribution in [2.24, 2.45) is 5.10 Å². The Morgan fingerprint density at radius 3 is 2.57 bits per heavy atom. The molecule has 0 atom stereocenters. The van der Waals surface area contributed by atoms with Crippen molar-refractivity contribution in [3.8, 4) is 5.75 Å². The predicted molar refractivity (Wildman–Crippen MR) is 202 cm³/mol. The molecule has 0 bridgehead atoms. The number of phenolic OH excluding ortho intramolecular Hbond substituents is 1. The van der Waals surface area contributed by atoms with Gasteiger partial charge in [0.2, 0.25) is 5.91 Å². The van der Waals surface area contributed by atoms with E-state index in [-0.39, 0.29) is 37.1 Å². The first-order valence-electron chi connectivity index (χ1n) is 17.4. The van der Waals surface area contributed by atoms with Crippen molar-refractivity contribution < 1.29 is 19.1 Å². The van der Waals surface area contributed by atoms with Gasteiger partial charge in [0.25, 0.3) is 5.91 Å². The Morgan fingerprint density at radius 2 is 1.77 bits per heavy atom. The van der Waals surface area contributed by atoms with Crippen LogP contribution in [-0.4, -0.2) is 80.7 Å². The standard InChI is InChI=1S/C39H43N9O5/c1-3-6-29-9-5-10-30(38(29)51)20-42-44-37(50)25-47-15-13-46(14-16-47)22-27-7-4-8-28(17-27)23-48-24-32(43-45-48)21-41-36(49)19-34-26(2)33-12-11-31(40)18-35(33)53-39(34)52/h3-5,7-12,17-18,20,24,51H,1,6,13-16,19,21-23,25,40H2,2H3,(H,41,49)(H,44,50). The highest BCUT2D eigenvalue weighted by molar-refractivity contribution is 5.87. The van der Waals surface area contributed by atoms with Gasteiger partial charge in [-0.2, -0.15) is 5.10 Å². The molecule has 6 rings (SSSR count). The lowest BCUT2D eigenvalue weighted by molar-refractivity contribution is -0.122. The lowest BCUT2D eigenvalue weighted by Gasteiger charge is -2.34. The molecule has 1 aliphatic rings. The van der Waals surface area contributed by atoms with E-state index in [1.54, 1.807) is 48.1 Å². The Hall–Kier alpha value is -6.12. The molecule has 274 valence electrons. The van der Waals surface area contributed by atoms with Crippen molar-refractivity contribution in [3.63, 3.8) is 0 Å². The molecule has 0 saturated carbocycles. The minimum absolute atomic E-state index is 0.116. The average molecular weight is 718 g/mol. The van der Waals surface area contributed by atoms with Gasteiger partial charge in [0.05, 0.1) is 44.0 Å². The number of hydrogen-bond donors (Lipinski definition) is 4. The maximum atomic E-state index is 12.8. The molecule has 1 saturated heterocycles. The van der Waals surface area contributed by atoms with Crippen molar-refractivity contribution in [2.45, 2.75) is 39.4 Å². The first kappa shape index (κ1) is 36.7. The highest BCUT2D eigenvalue weighted by atomic mass is 16.4. The van der Waals surface area contributed by atoms with Gasteiger partial charge in [0.15, 0.2) is 0 Å². The number of nitrogen functional groups attached to an aromatic ring is 1. The van der Waals surface area contributed by atoms with Gasteiger partial charge in [-0.3, -0.25) is 19.4 Å². The smallest absolute Gasteiger partial charge is 0.340 e. The van der Waals surface area contributed by atoms with Crippen molar-refractivity contribution in [1.82, 2.24) is 35.5 Å². The predicted octanol–water partition coefficient (Wildman–Crippen LogP) is 2.88. The van der Waals surface area contributed by atoms with Gasteiger partial charge in [0.1, 0.15) is 17.0 Å². The SMILES string of the molecule is C=CCc1cccc(C=NNC(=O)CN2CCN(Cc3cccc(Cn4cc(CNC(=O)Cc5c(C)c6ccc(N)cc6oc5=O)nn4)c3)CC2)c1O. The molecule has 5 aromatic rings. The number of phenols is 1. The summed E-state index contributed by atoms with van der Waals surface area (Å²) >= 11 is 0. The number of aromatic hydroxyl groups is 1. The molecule has 0 aliphatic carbocycles. The zero-order valence-corrected chi connectivity index (χ0v) is 29.6. The minimum Gasteiger partial charge on any atom is -0.507 e. The number of piperazine rings is 1. The molecule has 0 unspecified atom stereocenters. The number of amides is 2. The molecular formula is C39H43N9O5. The van der Waals surface area contributed by atoms with Crippen molar-refractivity contribution in [1.29, 1.82) is 0 Å². The van der Waals surface area contributed by atoms with Gasteiger partial charge in [-0.25, -0.2) is 14.9 Å². The fourth-order valence-corrected chi connectivity index (χ4v) is 6.35. The molecule has 3 heterocycles. The van der Waals surface area contributed by atoms with E-state index in [9.17, 15) is 19.5 Å². The third-order valence-corrected chi connectivity index (χ3v) is 9.18. The quantitative estimate of drug-likeness (QED) is 0.0438. The zero-order chi connectivity index (χ0) is 37.3. The number of carbonyl (C=O) groups excluding carboxylic acids is 2.